The third kappa shape index (κ3) is 10.5. The fraction of sp³-hybridized carbons (Fsp3) is 0.100. The number of carbonyl (C=O) groups excluding carboxylic acids is 1. The first-order valence-electron chi connectivity index (χ1n) is 18.8. The molecule has 0 amide bonds. The van der Waals surface area contributed by atoms with Gasteiger partial charge in [0, 0.05) is 17.7 Å². The van der Waals surface area contributed by atoms with E-state index in [9.17, 15) is 9.90 Å². The van der Waals surface area contributed by atoms with Gasteiger partial charge in [-0.1, -0.05) is 152 Å². The average molecular weight is 773 g/mol. The minimum Gasteiger partial charge on any atom is -0.507 e. The lowest BCUT2D eigenvalue weighted by Crippen LogP contribution is -2.07. The second kappa shape index (κ2) is 19.5. The molecule has 0 fully saturated rings. The Labute approximate surface area is 337 Å². The van der Waals surface area contributed by atoms with Gasteiger partial charge in [-0.2, -0.15) is 0 Å². The van der Waals surface area contributed by atoms with Crippen LogP contribution in [0.15, 0.2) is 176 Å². The van der Waals surface area contributed by atoms with E-state index >= 15 is 4.39 Å². The van der Waals surface area contributed by atoms with Gasteiger partial charge in [0.1, 0.15) is 55.8 Å². The van der Waals surface area contributed by atoms with Gasteiger partial charge >= 0.3 is 0 Å². The molecule has 8 heteroatoms. The lowest BCUT2D eigenvalue weighted by molar-refractivity contribution is 0.104. The Bertz CT molecular complexity index is 2420. The summed E-state index contributed by atoms with van der Waals surface area (Å²) in [4.78, 5) is 14.0. The number of benzene rings is 7. The van der Waals surface area contributed by atoms with Gasteiger partial charge in [-0.15, -0.1) is 0 Å². The van der Waals surface area contributed by atoms with Gasteiger partial charge in [-0.25, -0.2) is 4.39 Å². The van der Waals surface area contributed by atoms with Gasteiger partial charge in [-0.3, -0.25) is 4.79 Å². The molecule has 290 valence electrons. The number of hydrogen-bond donors (Lipinski definition) is 1. The number of halogens is 1. The van der Waals surface area contributed by atoms with E-state index in [-0.39, 0.29) is 72.9 Å². The number of phenols is 1. The summed E-state index contributed by atoms with van der Waals surface area (Å²) in [6, 6.07) is 51.9. The Morgan fingerprint density at radius 3 is 1.34 bits per heavy atom. The summed E-state index contributed by atoms with van der Waals surface area (Å²) in [5, 5.41) is 11.3. The molecular formula is C50H41FO7. The van der Waals surface area contributed by atoms with E-state index in [0.29, 0.717) is 5.75 Å². The quantitative estimate of drug-likeness (QED) is 0.0687. The third-order valence-electron chi connectivity index (χ3n) is 9.06. The maximum absolute atomic E-state index is 16.8. The van der Waals surface area contributed by atoms with Gasteiger partial charge < -0.3 is 28.8 Å². The maximum Gasteiger partial charge on any atom is 0.207 e. The number of allylic oxidation sites excluding steroid dienone is 1. The van der Waals surface area contributed by atoms with Crippen molar-refractivity contribution in [1.29, 1.82) is 0 Å². The highest BCUT2D eigenvalue weighted by molar-refractivity contribution is 6.10. The smallest absolute Gasteiger partial charge is 0.207 e. The Balaban J connectivity index is 1.23. The molecule has 0 aromatic heterocycles. The minimum atomic E-state index is -0.760. The van der Waals surface area contributed by atoms with Crippen LogP contribution in [-0.2, 0) is 33.0 Å². The SMILES string of the molecule is O=C(/C=C/c1cc(OCc2ccccc2)c(OCc2ccccc2)c(OCc2ccccc2)c1F)c1c(O)cc(OCc2ccccc2)cc1OCc1ccccc1. The minimum absolute atomic E-state index is 0.000549. The van der Waals surface area contributed by atoms with Gasteiger partial charge in [0.2, 0.25) is 11.5 Å². The van der Waals surface area contributed by atoms with Crippen LogP contribution in [0.1, 0.15) is 43.7 Å². The van der Waals surface area contributed by atoms with Crippen LogP contribution in [0.2, 0.25) is 0 Å². The van der Waals surface area contributed by atoms with Crippen LogP contribution in [0.3, 0.4) is 0 Å². The van der Waals surface area contributed by atoms with E-state index in [1.807, 2.05) is 152 Å². The fourth-order valence-electron chi connectivity index (χ4n) is 6.05. The van der Waals surface area contributed by atoms with Crippen LogP contribution < -0.4 is 23.7 Å². The maximum atomic E-state index is 16.8. The summed E-state index contributed by atoms with van der Waals surface area (Å²) >= 11 is 0. The summed E-state index contributed by atoms with van der Waals surface area (Å²) in [6.07, 6.45) is 2.50. The van der Waals surface area contributed by atoms with Crippen LogP contribution >= 0.6 is 0 Å². The Morgan fingerprint density at radius 2 is 0.879 bits per heavy atom. The summed E-state index contributed by atoms with van der Waals surface area (Å²) in [5.41, 5.74) is 4.23. The lowest BCUT2D eigenvalue weighted by Gasteiger charge is -2.19. The zero-order valence-corrected chi connectivity index (χ0v) is 31.6. The van der Waals surface area contributed by atoms with E-state index in [2.05, 4.69) is 0 Å². The Hall–Kier alpha value is -7.32. The first-order chi connectivity index (χ1) is 28.5. The highest BCUT2D eigenvalue weighted by Gasteiger charge is 2.24. The lowest BCUT2D eigenvalue weighted by atomic mass is 10.0. The molecule has 0 aliphatic rings. The molecule has 7 rings (SSSR count). The van der Waals surface area contributed by atoms with Crippen LogP contribution in [0.5, 0.6) is 34.5 Å². The standard InChI is InChI=1S/C50H41FO7/c51-48-41(26-27-43(52)47-44(53)29-42(54-31-36-16-6-1-7-17-36)30-45(47)55-32-37-18-8-2-9-19-37)28-46(56-33-38-20-10-3-11-21-38)49(57-34-39-22-12-4-13-23-39)50(48)58-35-40-24-14-5-15-25-40/h1-30,53H,31-35H2/b27-26+. The van der Waals surface area contributed by atoms with Crippen molar-refractivity contribution in [2.45, 2.75) is 33.0 Å². The first-order valence-corrected chi connectivity index (χ1v) is 18.8. The van der Waals surface area contributed by atoms with E-state index < -0.39 is 11.6 Å². The topological polar surface area (TPSA) is 83.5 Å². The molecule has 0 spiro atoms. The zero-order chi connectivity index (χ0) is 39.9. The van der Waals surface area contributed by atoms with Crippen molar-refractivity contribution in [1.82, 2.24) is 0 Å². The molecule has 0 bridgehead atoms. The molecule has 0 aliphatic carbocycles. The highest BCUT2D eigenvalue weighted by Crippen LogP contribution is 2.44. The fourth-order valence-corrected chi connectivity index (χ4v) is 6.05. The number of rotatable bonds is 18. The van der Waals surface area contributed by atoms with Crippen molar-refractivity contribution in [3.8, 4) is 34.5 Å². The summed E-state index contributed by atoms with van der Waals surface area (Å²) < 4.78 is 47.7. The average Bonchev–Trinajstić information content (AvgIpc) is 3.27. The largest absolute Gasteiger partial charge is 0.507 e. The van der Waals surface area contributed by atoms with Crippen molar-refractivity contribution in [2.75, 3.05) is 0 Å². The molecule has 0 heterocycles. The monoisotopic (exact) mass is 772 g/mol. The number of aromatic hydroxyl groups is 1. The molecule has 0 radical (unpaired) electrons. The number of carbonyl (C=O) groups is 1. The van der Waals surface area contributed by atoms with Crippen molar-refractivity contribution in [2.24, 2.45) is 0 Å². The first kappa shape index (κ1) is 38.9. The molecule has 0 saturated heterocycles. The number of ketones is 1. The molecule has 1 N–H and O–H groups in total. The number of hydrogen-bond acceptors (Lipinski definition) is 7. The molecule has 0 aliphatic heterocycles. The van der Waals surface area contributed by atoms with Crippen LogP contribution in [-0.4, -0.2) is 10.9 Å². The predicted molar refractivity (Wildman–Crippen MR) is 222 cm³/mol. The van der Waals surface area contributed by atoms with Crippen LogP contribution in [0.25, 0.3) is 6.08 Å². The second-order valence-electron chi connectivity index (χ2n) is 13.3. The van der Waals surface area contributed by atoms with Crippen molar-refractivity contribution in [3.05, 3.63) is 221 Å². The van der Waals surface area contributed by atoms with Crippen molar-refractivity contribution < 1.29 is 38.0 Å². The molecule has 0 atom stereocenters. The van der Waals surface area contributed by atoms with E-state index in [0.717, 1.165) is 27.8 Å². The van der Waals surface area contributed by atoms with E-state index in [1.165, 1.54) is 24.3 Å². The van der Waals surface area contributed by atoms with Gasteiger partial charge in [0.15, 0.2) is 17.3 Å². The molecule has 0 unspecified atom stereocenters. The van der Waals surface area contributed by atoms with Crippen molar-refractivity contribution in [3.63, 3.8) is 0 Å². The normalized spacial score (nSPS) is 10.9. The van der Waals surface area contributed by atoms with Crippen molar-refractivity contribution >= 4 is 11.9 Å². The highest BCUT2D eigenvalue weighted by atomic mass is 19.1. The van der Waals surface area contributed by atoms with Gasteiger partial charge in [0.05, 0.1) is 0 Å². The van der Waals surface area contributed by atoms with Crippen LogP contribution in [0.4, 0.5) is 4.39 Å². The number of ether oxygens (including phenoxy) is 5. The van der Waals surface area contributed by atoms with Gasteiger partial charge in [-0.05, 0) is 46.0 Å². The second-order valence-corrected chi connectivity index (χ2v) is 13.3. The molecule has 58 heavy (non-hydrogen) atoms. The Kier molecular flexibility index (Phi) is 13.1. The molecule has 7 aromatic carbocycles. The number of phenolic OH excluding ortho intramolecular Hbond substituents is 1. The summed E-state index contributed by atoms with van der Waals surface area (Å²) in [6.45, 7) is 0.670. The van der Waals surface area contributed by atoms with E-state index in [4.69, 9.17) is 23.7 Å². The molecule has 0 saturated carbocycles. The molecule has 7 nitrogen and oxygen atoms in total. The Morgan fingerprint density at radius 1 is 0.483 bits per heavy atom. The predicted octanol–water partition coefficient (Wildman–Crippen LogP) is 11.3. The third-order valence-corrected chi connectivity index (χ3v) is 9.06. The molecular weight excluding hydrogens is 732 g/mol. The van der Waals surface area contributed by atoms with E-state index in [1.54, 1.807) is 6.07 Å². The zero-order valence-electron chi connectivity index (χ0n) is 31.6. The van der Waals surface area contributed by atoms with Gasteiger partial charge in [0.25, 0.3) is 0 Å². The summed E-state index contributed by atoms with van der Waals surface area (Å²) in [7, 11) is 0. The van der Waals surface area contributed by atoms with Crippen LogP contribution in [0, 0.1) is 5.82 Å². The summed E-state index contributed by atoms with van der Waals surface area (Å²) in [5.74, 6) is -1.21. The molecule has 7 aromatic rings.